The maximum absolute atomic E-state index is 12.8. The quantitative estimate of drug-likeness (QED) is 0.279. The van der Waals surface area contributed by atoms with E-state index in [1.807, 2.05) is 6.92 Å². The van der Waals surface area contributed by atoms with E-state index in [-0.39, 0.29) is 36.8 Å². The van der Waals surface area contributed by atoms with Crippen LogP contribution in [0.2, 0.25) is 0 Å². The van der Waals surface area contributed by atoms with Crippen LogP contribution >= 0.6 is 0 Å². The Kier molecular flexibility index (Phi) is 9.46. The van der Waals surface area contributed by atoms with Crippen molar-refractivity contribution in [2.75, 3.05) is 19.7 Å². The maximum atomic E-state index is 12.8. The van der Waals surface area contributed by atoms with Crippen LogP contribution in [0.4, 0.5) is 0 Å². The van der Waals surface area contributed by atoms with Crippen LogP contribution in [0.1, 0.15) is 72.6 Å². The van der Waals surface area contributed by atoms with Gasteiger partial charge in [-0.2, -0.15) is 0 Å². The normalized spacial score (nSPS) is 42.6. The van der Waals surface area contributed by atoms with Gasteiger partial charge in [0, 0.05) is 24.3 Å². The first-order valence-corrected chi connectivity index (χ1v) is 14.1. The van der Waals surface area contributed by atoms with Crippen molar-refractivity contribution in [3.05, 3.63) is 11.6 Å². The summed E-state index contributed by atoms with van der Waals surface area (Å²) >= 11 is 0. The highest BCUT2D eigenvalue weighted by Gasteiger charge is 2.57. The van der Waals surface area contributed by atoms with Gasteiger partial charge < -0.3 is 35.1 Å². The Balaban J connectivity index is 1.49. The van der Waals surface area contributed by atoms with Crippen LogP contribution in [-0.2, 0) is 23.8 Å². The van der Waals surface area contributed by atoms with Gasteiger partial charge in [-0.1, -0.05) is 13.0 Å². The average Bonchev–Trinajstić information content (AvgIpc) is 2.88. The number of piperidine rings is 1. The van der Waals surface area contributed by atoms with Gasteiger partial charge >= 0.3 is 5.97 Å². The minimum absolute atomic E-state index is 0.0754. The average molecular weight is 523 g/mol. The number of ketones is 1. The highest BCUT2D eigenvalue weighted by molar-refractivity contribution is 5.87. The lowest BCUT2D eigenvalue weighted by atomic mass is 9.66. The van der Waals surface area contributed by atoms with E-state index >= 15 is 0 Å². The summed E-state index contributed by atoms with van der Waals surface area (Å²) in [6.45, 7) is 9.33. The van der Waals surface area contributed by atoms with Gasteiger partial charge in [0.1, 0.15) is 17.5 Å². The number of nitrogens with one attached hydrogen (secondary N) is 2. The molecule has 0 amide bonds. The number of allylic oxidation sites excluding steroid dienone is 1. The first kappa shape index (κ1) is 28.6. The largest absolute Gasteiger partial charge is 0.456 e. The molecule has 10 atom stereocenters. The first-order valence-electron chi connectivity index (χ1n) is 14.1. The minimum Gasteiger partial charge on any atom is -0.456 e. The van der Waals surface area contributed by atoms with Gasteiger partial charge in [-0.15, -0.1) is 0 Å². The summed E-state index contributed by atoms with van der Waals surface area (Å²) in [5.41, 5.74) is -0.184. The fraction of sp³-hybridized carbons (Fsp3) is 0.857. The molecule has 4 fully saturated rings. The number of carbonyl (C=O) groups excluding carboxylic acids is 2. The fourth-order valence-corrected chi connectivity index (χ4v) is 6.71. The van der Waals surface area contributed by atoms with Crippen molar-refractivity contribution < 1.29 is 34.0 Å². The van der Waals surface area contributed by atoms with E-state index in [9.17, 15) is 19.8 Å². The summed E-state index contributed by atoms with van der Waals surface area (Å²) in [6, 6.07) is 0. The predicted octanol–water partition coefficient (Wildman–Crippen LogP) is 1.84. The minimum atomic E-state index is -0.935. The molecule has 9 heteroatoms. The molecule has 9 nitrogen and oxygen atoms in total. The van der Waals surface area contributed by atoms with Crippen molar-refractivity contribution in [1.82, 2.24) is 10.6 Å². The molecule has 3 aliphatic heterocycles. The highest BCUT2D eigenvalue weighted by atomic mass is 16.6. The molecule has 4 aliphatic rings. The van der Waals surface area contributed by atoms with Gasteiger partial charge in [0.05, 0.1) is 43.1 Å². The lowest BCUT2D eigenvalue weighted by Crippen LogP contribution is -2.64. The third-order valence-corrected chi connectivity index (χ3v) is 9.13. The van der Waals surface area contributed by atoms with Gasteiger partial charge in [-0.05, 0) is 71.9 Å². The number of ether oxygens (including phenoxy) is 3. The molecule has 4 rings (SSSR count). The van der Waals surface area contributed by atoms with E-state index in [0.717, 1.165) is 38.8 Å². The molecule has 0 bridgehead atoms. The van der Waals surface area contributed by atoms with Crippen molar-refractivity contribution in [2.45, 2.75) is 115 Å². The van der Waals surface area contributed by atoms with Crippen LogP contribution < -0.4 is 10.6 Å². The van der Waals surface area contributed by atoms with Crippen LogP contribution in [0.15, 0.2) is 11.6 Å². The summed E-state index contributed by atoms with van der Waals surface area (Å²) in [5, 5.41) is 27.9. The molecule has 0 aromatic rings. The second kappa shape index (κ2) is 12.2. The Labute approximate surface area is 220 Å². The Hall–Kier alpha value is -1.36. The summed E-state index contributed by atoms with van der Waals surface area (Å²) < 4.78 is 18.8. The van der Waals surface area contributed by atoms with E-state index in [2.05, 4.69) is 17.6 Å². The number of aliphatic hydroxyl groups is 2. The molecule has 1 saturated carbocycles. The smallest absolute Gasteiger partial charge is 0.333 e. The van der Waals surface area contributed by atoms with Gasteiger partial charge in [0.25, 0.3) is 0 Å². The highest BCUT2D eigenvalue weighted by Crippen LogP contribution is 2.48. The lowest BCUT2D eigenvalue weighted by molar-refractivity contribution is -0.264. The molecule has 3 heterocycles. The Morgan fingerprint density at radius 3 is 2.73 bits per heavy atom. The van der Waals surface area contributed by atoms with Crippen LogP contribution in [0.5, 0.6) is 0 Å². The second-order valence-electron chi connectivity index (χ2n) is 11.6. The van der Waals surface area contributed by atoms with Crippen LogP contribution in [0.3, 0.4) is 0 Å². The SMILES string of the molecule is CC=C(C)C(=O)O[C@@H]1CC2C(CC3OC(CO)CC(=O)C3C2O)O[C@]1(C)CCC1CCC(NCC)NC1. The number of rotatable bonds is 8. The van der Waals surface area contributed by atoms with Crippen molar-refractivity contribution in [2.24, 2.45) is 17.8 Å². The van der Waals surface area contributed by atoms with E-state index in [1.165, 1.54) is 0 Å². The van der Waals surface area contributed by atoms with Crippen molar-refractivity contribution in [3.8, 4) is 0 Å². The molecule has 0 radical (unpaired) electrons. The van der Waals surface area contributed by atoms with Gasteiger partial charge in [-0.25, -0.2) is 4.79 Å². The fourth-order valence-electron chi connectivity index (χ4n) is 6.71. The number of hydrogen-bond acceptors (Lipinski definition) is 9. The number of fused-ring (bicyclic) bond motifs is 2. The van der Waals surface area contributed by atoms with E-state index in [1.54, 1.807) is 19.9 Å². The predicted molar refractivity (Wildman–Crippen MR) is 138 cm³/mol. The van der Waals surface area contributed by atoms with Crippen LogP contribution in [0, 0.1) is 17.8 Å². The van der Waals surface area contributed by atoms with Gasteiger partial charge in [0.2, 0.25) is 0 Å². The zero-order valence-corrected chi connectivity index (χ0v) is 22.8. The molecule has 0 aromatic heterocycles. The first-order chi connectivity index (χ1) is 17.7. The molecule has 3 saturated heterocycles. The summed E-state index contributed by atoms with van der Waals surface area (Å²) in [7, 11) is 0. The number of hydrogen-bond donors (Lipinski definition) is 4. The van der Waals surface area contributed by atoms with E-state index < -0.39 is 35.9 Å². The van der Waals surface area contributed by atoms with Crippen molar-refractivity contribution in [1.29, 1.82) is 0 Å². The summed E-state index contributed by atoms with van der Waals surface area (Å²) in [4.78, 5) is 25.6. The molecular formula is C28H46N2O7. The maximum Gasteiger partial charge on any atom is 0.333 e. The zero-order valence-electron chi connectivity index (χ0n) is 22.8. The summed E-state index contributed by atoms with van der Waals surface area (Å²) in [6.07, 6.45) is 4.19. The third kappa shape index (κ3) is 6.28. The molecule has 8 unspecified atom stereocenters. The summed E-state index contributed by atoms with van der Waals surface area (Å²) in [5.74, 6) is -0.905. The molecule has 37 heavy (non-hydrogen) atoms. The van der Waals surface area contributed by atoms with E-state index in [4.69, 9.17) is 14.2 Å². The third-order valence-electron chi connectivity index (χ3n) is 9.13. The van der Waals surface area contributed by atoms with Crippen molar-refractivity contribution >= 4 is 11.8 Å². The molecule has 0 spiro atoms. The monoisotopic (exact) mass is 522 g/mol. The Bertz CT molecular complexity index is 842. The van der Waals surface area contributed by atoms with Crippen LogP contribution in [-0.4, -0.2) is 83.9 Å². The van der Waals surface area contributed by atoms with E-state index in [0.29, 0.717) is 30.5 Å². The standard InChI is InChI=1S/C28H46N2O7/c1-5-16(3)27(34)36-23-12-19-21(13-22-25(26(19)33)20(32)11-18(15-31)35-22)37-28(23,4)10-9-17-7-8-24(29-6-2)30-14-17/h5,17-19,21-26,29-31,33H,6-15H2,1-4H3/t17?,18?,19?,21?,22?,23-,24?,25?,26?,28-/m1/s1. The molecular weight excluding hydrogens is 476 g/mol. The molecule has 1 aliphatic carbocycles. The van der Waals surface area contributed by atoms with Gasteiger partial charge in [-0.3, -0.25) is 4.79 Å². The molecule has 4 N–H and O–H groups in total. The van der Waals surface area contributed by atoms with Gasteiger partial charge in [0.15, 0.2) is 0 Å². The number of Topliss-reactive ketones (excluding diaryl/α,β-unsaturated/α-hetero) is 1. The number of esters is 1. The molecule has 210 valence electrons. The zero-order chi connectivity index (χ0) is 26.7. The number of aliphatic hydroxyl groups excluding tert-OH is 2. The number of carbonyl (C=O) groups is 2. The van der Waals surface area contributed by atoms with Crippen LogP contribution in [0.25, 0.3) is 0 Å². The van der Waals surface area contributed by atoms with Crippen molar-refractivity contribution in [3.63, 3.8) is 0 Å². The topological polar surface area (TPSA) is 126 Å². The lowest BCUT2D eigenvalue weighted by Gasteiger charge is -2.54. The Morgan fingerprint density at radius 1 is 1.30 bits per heavy atom. The second-order valence-corrected chi connectivity index (χ2v) is 11.6. The Morgan fingerprint density at radius 2 is 2.08 bits per heavy atom. The molecule has 0 aromatic carbocycles.